The molecule has 0 aliphatic heterocycles. The maximum atomic E-state index is 10.9. The van der Waals surface area contributed by atoms with Crippen LogP contribution in [-0.2, 0) is 6.54 Å². The molecule has 2 aromatic heterocycles. The summed E-state index contributed by atoms with van der Waals surface area (Å²) in [5.41, 5.74) is 3.10. The molecule has 0 saturated carbocycles. The molecule has 17 heavy (non-hydrogen) atoms. The van der Waals surface area contributed by atoms with Gasteiger partial charge in [-0.15, -0.1) is 11.3 Å². The quantitative estimate of drug-likeness (QED) is 0.911. The van der Waals surface area contributed by atoms with E-state index in [0.29, 0.717) is 4.88 Å². The van der Waals surface area contributed by atoms with E-state index in [1.54, 1.807) is 6.07 Å². The molecular weight excluding hydrogens is 236 g/mol. The van der Waals surface area contributed by atoms with Crippen LogP contribution in [0.3, 0.4) is 0 Å². The van der Waals surface area contributed by atoms with Crippen molar-refractivity contribution in [3.05, 3.63) is 28.4 Å². The summed E-state index contributed by atoms with van der Waals surface area (Å²) in [6.45, 7) is 6.79. The van der Waals surface area contributed by atoms with Gasteiger partial charge < -0.3 is 5.11 Å². The lowest BCUT2D eigenvalue weighted by molar-refractivity contribution is 0.0702. The Bertz CT molecular complexity index is 569. The molecule has 2 rings (SSSR count). The van der Waals surface area contributed by atoms with E-state index in [1.165, 1.54) is 11.3 Å². The van der Waals surface area contributed by atoms with Crippen LogP contribution in [0.4, 0.5) is 0 Å². The molecule has 5 heteroatoms. The van der Waals surface area contributed by atoms with E-state index in [-0.39, 0.29) is 0 Å². The highest BCUT2D eigenvalue weighted by Crippen LogP contribution is 2.34. The van der Waals surface area contributed by atoms with Crippen LogP contribution in [0.15, 0.2) is 12.3 Å². The number of carbonyl (C=O) groups is 1. The third-order valence-corrected chi connectivity index (χ3v) is 4.03. The third kappa shape index (κ3) is 1.98. The molecule has 0 atom stereocenters. The number of rotatable bonds is 3. The van der Waals surface area contributed by atoms with Crippen LogP contribution in [0.2, 0.25) is 0 Å². The number of aromatic carboxylic acids is 1. The lowest BCUT2D eigenvalue weighted by Crippen LogP contribution is -1.98. The molecular formula is C12H14N2O2S. The fourth-order valence-corrected chi connectivity index (χ4v) is 2.92. The number of nitrogens with zero attached hydrogens (tertiary/aromatic N) is 2. The van der Waals surface area contributed by atoms with Gasteiger partial charge in [0.1, 0.15) is 4.88 Å². The van der Waals surface area contributed by atoms with Gasteiger partial charge in [-0.3, -0.25) is 4.68 Å². The molecule has 0 spiro atoms. The summed E-state index contributed by atoms with van der Waals surface area (Å²) in [7, 11) is 0. The first-order valence-electron chi connectivity index (χ1n) is 5.41. The van der Waals surface area contributed by atoms with E-state index in [0.717, 1.165) is 28.2 Å². The van der Waals surface area contributed by atoms with Crippen molar-refractivity contribution in [1.82, 2.24) is 9.78 Å². The fraction of sp³-hybridized carbons (Fsp3) is 0.333. The summed E-state index contributed by atoms with van der Waals surface area (Å²) >= 11 is 1.31. The molecule has 0 aromatic carbocycles. The van der Waals surface area contributed by atoms with Crippen LogP contribution in [0.1, 0.15) is 27.9 Å². The van der Waals surface area contributed by atoms with Gasteiger partial charge in [0.05, 0.1) is 6.20 Å². The summed E-state index contributed by atoms with van der Waals surface area (Å²) < 4.78 is 1.91. The first-order chi connectivity index (χ1) is 8.04. The molecule has 0 unspecified atom stereocenters. The van der Waals surface area contributed by atoms with Gasteiger partial charge in [0.25, 0.3) is 0 Å². The molecule has 0 bridgehead atoms. The Morgan fingerprint density at radius 1 is 1.53 bits per heavy atom. The number of carboxylic acids is 1. The predicted molar refractivity (Wildman–Crippen MR) is 67.6 cm³/mol. The highest BCUT2D eigenvalue weighted by Gasteiger charge is 2.16. The van der Waals surface area contributed by atoms with Crippen LogP contribution in [0.5, 0.6) is 0 Å². The first kappa shape index (κ1) is 11.9. The second kappa shape index (κ2) is 4.33. The molecule has 0 aliphatic rings. The van der Waals surface area contributed by atoms with Gasteiger partial charge in [-0.1, -0.05) is 0 Å². The van der Waals surface area contributed by atoms with E-state index < -0.39 is 5.97 Å². The number of thiophene rings is 1. The van der Waals surface area contributed by atoms with E-state index in [2.05, 4.69) is 5.10 Å². The summed E-state index contributed by atoms with van der Waals surface area (Å²) in [5.74, 6) is -0.870. The Labute approximate surface area is 104 Å². The Hall–Kier alpha value is -1.62. The highest BCUT2D eigenvalue weighted by molar-refractivity contribution is 7.17. The standard InChI is InChI=1S/C12H14N2O2S/c1-4-14-8(3)9(6-13-14)11-7(2)5-10(17-11)12(15)16/h5-6H,4H2,1-3H3,(H,15,16). The van der Waals surface area contributed by atoms with Crippen LogP contribution in [-0.4, -0.2) is 20.9 Å². The largest absolute Gasteiger partial charge is 0.477 e. The molecule has 1 N–H and O–H groups in total. The maximum absolute atomic E-state index is 10.9. The Morgan fingerprint density at radius 2 is 2.24 bits per heavy atom. The van der Waals surface area contributed by atoms with Crippen molar-refractivity contribution < 1.29 is 9.90 Å². The van der Waals surface area contributed by atoms with Gasteiger partial charge in [-0.25, -0.2) is 4.79 Å². The minimum atomic E-state index is -0.870. The zero-order valence-electron chi connectivity index (χ0n) is 10.0. The Kier molecular flexibility index (Phi) is 3.02. The van der Waals surface area contributed by atoms with Crippen molar-refractivity contribution >= 4 is 17.3 Å². The molecule has 0 radical (unpaired) electrons. The summed E-state index contributed by atoms with van der Waals surface area (Å²) in [4.78, 5) is 12.3. The average molecular weight is 250 g/mol. The molecule has 0 fully saturated rings. The normalized spacial score (nSPS) is 10.8. The first-order valence-corrected chi connectivity index (χ1v) is 6.22. The van der Waals surface area contributed by atoms with Gasteiger partial charge in [0.15, 0.2) is 0 Å². The summed E-state index contributed by atoms with van der Waals surface area (Å²) in [5, 5.41) is 13.3. The van der Waals surface area contributed by atoms with Crippen molar-refractivity contribution in [3.8, 4) is 10.4 Å². The fourth-order valence-electron chi connectivity index (χ4n) is 1.84. The minimum absolute atomic E-state index is 0.376. The van der Waals surface area contributed by atoms with Gasteiger partial charge in [0, 0.05) is 22.7 Å². The van der Waals surface area contributed by atoms with E-state index >= 15 is 0 Å². The lowest BCUT2D eigenvalue weighted by atomic mass is 10.1. The Balaban J connectivity index is 2.52. The molecule has 90 valence electrons. The number of hydrogen-bond donors (Lipinski definition) is 1. The van der Waals surface area contributed by atoms with Gasteiger partial charge in [-0.05, 0) is 32.4 Å². The third-order valence-electron chi connectivity index (χ3n) is 2.78. The van der Waals surface area contributed by atoms with E-state index in [9.17, 15) is 4.79 Å². The van der Waals surface area contributed by atoms with Gasteiger partial charge in [-0.2, -0.15) is 5.10 Å². The summed E-state index contributed by atoms with van der Waals surface area (Å²) in [6, 6.07) is 1.71. The molecule has 0 aliphatic carbocycles. The summed E-state index contributed by atoms with van der Waals surface area (Å²) in [6.07, 6.45) is 1.81. The predicted octanol–water partition coefficient (Wildman–Crippen LogP) is 2.95. The number of hydrogen-bond acceptors (Lipinski definition) is 3. The number of carboxylic acid groups (broad SMARTS) is 1. The topological polar surface area (TPSA) is 55.1 Å². The molecule has 0 amide bonds. The van der Waals surface area contributed by atoms with Crippen molar-refractivity contribution in [2.24, 2.45) is 0 Å². The number of aryl methyl sites for hydroxylation is 2. The average Bonchev–Trinajstić information content (AvgIpc) is 2.82. The van der Waals surface area contributed by atoms with E-state index in [4.69, 9.17) is 5.11 Å². The van der Waals surface area contributed by atoms with Crippen LogP contribution < -0.4 is 0 Å². The van der Waals surface area contributed by atoms with Crippen molar-refractivity contribution in [2.75, 3.05) is 0 Å². The molecule has 2 aromatic rings. The highest BCUT2D eigenvalue weighted by atomic mass is 32.1. The SMILES string of the molecule is CCn1ncc(-c2sc(C(=O)O)cc2C)c1C. The minimum Gasteiger partial charge on any atom is -0.477 e. The van der Waals surface area contributed by atoms with Crippen molar-refractivity contribution in [1.29, 1.82) is 0 Å². The molecule has 4 nitrogen and oxygen atoms in total. The van der Waals surface area contributed by atoms with Crippen molar-refractivity contribution in [3.63, 3.8) is 0 Å². The van der Waals surface area contributed by atoms with Gasteiger partial charge in [0.2, 0.25) is 0 Å². The Morgan fingerprint density at radius 3 is 2.71 bits per heavy atom. The van der Waals surface area contributed by atoms with Crippen LogP contribution in [0, 0.1) is 13.8 Å². The van der Waals surface area contributed by atoms with Crippen molar-refractivity contribution in [2.45, 2.75) is 27.3 Å². The second-order valence-corrected chi connectivity index (χ2v) is 4.94. The van der Waals surface area contributed by atoms with Crippen LogP contribution >= 0.6 is 11.3 Å². The smallest absolute Gasteiger partial charge is 0.345 e. The molecule has 2 heterocycles. The second-order valence-electron chi connectivity index (χ2n) is 3.89. The number of aromatic nitrogens is 2. The van der Waals surface area contributed by atoms with Crippen LogP contribution in [0.25, 0.3) is 10.4 Å². The zero-order valence-corrected chi connectivity index (χ0v) is 10.8. The zero-order chi connectivity index (χ0) is 12.6. The van der Waals surface area contributed by atoms with E-state index in [1.807, 2.05) is 31.6 Å². The lowest BCUT2D eigenvalue weighted by Gasteiger charge is -2.01. The molecule has 0 saturated heterocycles. The maximum Gasteiger partial charge on any atom is 0.345 e. The van der Waals surface area contributed by atoms with Gasteiger partial charge >= 0.3 is 5.97 Å². The monoisotopic (exact) mass is 250 g/mol.